The molecule has 2 N–H and O–H groups in total. The lowest BCUT2D eigenvalue weighted by Crippen LogP contribution is -2.31. The Kier molecular flexibility index (Phi) is 6.14. The van der Waals surface area contributed by atoms with Gasteiger partial charge in [-0.25, -0.2) is 9.78 Å². The summed E-state index contributed by atoms with van der Waals surface area (Å²) in [7, 11) is 0. The van der Waals surface area contributed by atoms with Crippen LogP contribution in [-0.4, -0.2) is 35.1 Å². The molecule has 0 radical (unpaired) electrons. The molecule has 1 aromatic heterocycles. The number of carboxylic acids is 1. The zero-order valence-electron chi connectivity index (χ0n) is 14.5. The molecule has 0 fully saturated rings. The molecule has 1 heterocycles. The molecule has 0 saturated heterocycles. The first-order chi connectivity index (χ1) is 11.8. The Morgan fingerprint density at radius 1 is 1.28 bits per heavy atom. The summed E-state index contributed by atoms with van der Waals surface area (Å²) in [5.74, 6) is -0.563. The number of amides is 1. The second kappa shape index (κ2) is 8.11. The van der Waals surface area contributed by atoms with Crippen molar-refractivity contribution in [2.24, 2.45) is 0 Å². The van der Waals surface area contributed by atoms with Gasteiger partial charge in [-0.05, 0) is 17.0 Å². The van der Waals surface area contributed by atoms with Crippen molar-refractivity contribution in [1.29, 1.82) is 0 Å². The number of benzene rings is 1. The third-order valence-corrected chi connectivity index (χ3v) is 4.39. The molecular formula is C18H22N2O4S. The summed E-state index contributed by atoms with van der Waals surface area (Å²) in [5.41, 5.74) is 1.01. The van der Waals surface area contributed by atoms with Crippen molar-refractivity contribution in [1.82, 2.24) is 10.3 Å². The van der Waals surface area contributed by atoms with Crippen LogP contribution >= 0.6 is 11.3 Å². The molecule has 0 spiro atoms. The quantitative estimate of drug-likeness (QED) is 0.791. The molecule has 1 aromatic carbocycles. The lowest BCUT2D eigenvalue weighted by Gasteiger charge is -2.22. The minimum absolute atomic E-state index is 0.0356. The highest BCUT2D eigenvalue weighted by Gasteiger charge is 2.18. The second-order valence-corrected chi connectivity index (χ2v) is 7.51. The van der Waals surface area contributed by atoms with E-state index in [1.54, 1.807) is 0 Å². The maximum atomic E-state index is 11.9. The van der Waals surface area contributed by atoms with Crippen molar-refractivity contribution in [3.63, 3.8) is 0 Å². The number of hydrogen-bond donors (Lipinski definition) is 2. The van der Waals surface area contributed by atoms with Crippen molar-refractivity contribution in [2.75, 3.05) is 13.2 Å². The number of aromatic nitrogens is 1. The molecule has 0 aliphatic rings. The van der Waals surface area contributed by atoms with Crippen LogP contribution in [0.5, 0.6) is 5.75 Å². The van der Waals surface area contributed by atoms with Gasteiger partial charge in [0.2, 0.25) is 0 Å². The number of para-hydroxylation sites is 1. The van der Waals surface area contributed by atoms with E-state index in [4.69, 9.17) is 9.84 Å². The number of ether oxygens (including phenoxy) is 1. The number of aromatic carboxylic acids is 1. The number of carboxylic acid groups (broad SMARTS) is 1. The first-order valence-corrected chi connectivity index (χ1v) is 8.82. The van der Waals surface area contributed by atoms with E-state index in [0.717, 1.165) is 5.56 Å². The predicted molar refractivity (Wildman–Crippen MR) is 96.4 cm³/mol. The van der Waals surface area contributed by atoms with Gasteiger partial charge in [-0.2, -0.15) is 0 Å². The zero-order chi connectivity index (χ0) is 18.4. The van der Waals surface area contributed by atoms with Crippen molar-refractivity contribution in [2.45, 2.75) is 32.6 Å². The average Bonchev–Trinajstić information content (AvgIpc) is 3.01. The third kappa shape index (κ3) is 5.56. The van der Waals surface area contributed by atoms with E-state index in [2.05, 4.69) is 31.1 Å². The molecule has 0 bridgehead atoms. The highest BCUT2D eigenvalue weighted by atomic mass is 32.1. The van der Waals surface area contributed by atoms with Crippen LogP contribution in [-0.2, 0) is 16.6 Å². The fraction of sp³-hybridized carbons (Fsp3) is 0.389. The van der Waals surface area contributed by atoms with Crippen LogP contribution in [0.25, 0.3) is 0 Å². The monoisotopic (exact) mass is 362 g/mol. The Balaban J connectivity index is 1.80. The Labute approximate surface area is 150 Å². The largest absolute Gasteiger partial charge is 0.483 e. The maximum absolute atomic E-state index is 11.9. The van der Waals surface area contributed by atoms with Gasteiger partial charge < -0.3 is 15.2 Å². The molecule has 25 heavy (non-hydrogen) atoms. The lowest BCUT2D eigenvalue weighted by atomic mass is 9.86. The Morgan fingerprint density at radius 2 is 2.00 bits per heavy atom. The number of thiazole rings is 1. The van der Waals surface area contributed by atoms with Gasteiger partial charge in [0.05, 0.1) is 5.01 Å². The molecule has 7 heteroatoms. The van der Waals surface area contributed by atoms with E-state index >= 15 is 0 Å². The SMILES string of the molecule is CC(C)(C)c1ccccc1OCC(=O)NCCc1nc(C(=O)O)cs1. The molecule has 6 nitrogen and oxygen atoms in total. The highest BCUT2D eigenvalue weighted by Crippen LogP contribution is 2.30. The van der Waals surface area contributed by atoms with Crippen molar-refractivity contribution < 1.29 is 19.4 Å². The zero-order valence-corrected chi connectivity index (χ0v) is 15.4. The van der Waals surface area contributed by atoms with Gasteiger partial charge in [0.15, 0.2) is 12.3 Å². The summed E-state index contributed by atoms with van der Waals surface area (Å²) in [6, 6.07) is 7.69. The summed E-state index contributed by atoms with van der Waals surface area (Å²) in [5, 5.41) is 13.8. The van der Waals surface area contributed by atoms with E-state index in [1.165, 1.54) is 16.7 Å². The predicted octanol–water partition coefficient (Wildman–Crippen LogP) is 2.88. The first-order valence-electron chi connectivity index (χ1n) is 7.94. The number of carbonyl (C=O) groups is 2. The van der Waals surface area contributed by atoms with Crippen molar-refractivity contribution >= 4 is 23.2 Å². The van der Waals surface area contributed by atoms with Crippen molar-refractivity contribution in [3.8, 4) is 5.75 Å². The summed E-state index contributed by atoms with van der Waals surface area (Å²) < 4.78 is 5.66. The number of rotatable bonds is 7. The van der Waals surface area contributed by atoms with Gasteiger partial charge in [0.25, 0.3) is 5.91 Å². The normalized spacial score (nSPS) is 11.2. The van der Waals surface area contributed by atoms with Crippen LogP contribution in [0.15, 0.2) is 29.6 Å². The topological polar surface area (TPSA) is 88.5 Å². The van der Waals surface area contributed by atoms with Gasteiger partial charge in [0, 0.05) is 18.3 Å². The van der Waals surface area contributed by atoms with E-state index in [9.17, 15) is 9.59 Å². The van der Waals surface area contributed by atoms with Crippen molar-refractivity contribution in [3.05, 3.63) is 45.9 Å². The smallest absolute Gasteiger partial charge is 0.355 e. The molecule has 0 aliphatic carbocycles. The molecule has 0 unspecified atom stereocenters. The third-order valence-electron chi connectivity index (χ3n) is 3.49. The van der Waals surface area contributed by atoms with Crippen LogP contribution in [0.4, 0.5) is 0 Å². The van der Waals surface area contributed by atoms with E-state index in [1.807, 2.05) is 24.3 Å². The molecule has 0 saturated carbocycles. The summed E-state index contributed by atoms with van der Waals surface area (Å²) in [6.07, 6.45) is 0.488. The second-order valence-electron chi connectivity index (χ2n) is 6.57. The van der Waals surface area contributed by atoms with Gasteiger partial charge in [-0.1, -0.05) is 39.0 Å². The van der Waals surface area contributed by atoms with E-state index in [-0.39, 0.29) is 23.6 Å². The van der Waals surface area contributed by atoms with E-state index < -0.39 is 5.97 Å². The van der Waals surface area contributed by atoms with Crippen LogP contribution in [0.3, 0.4) is 0 Å². The van der Waals surface area contributed by atoms with Gasteiger partial charge in [-0.3, -0.25) is 4.79 Å². The Bertz CT molecular complexity index is 750. The average molecular weight is 362 g/mol. The number of nitrogens with zero attached hydrogens (tertiary/aromatic N) is 1. The Morgan fingerprint density at radius 3 is 2.64 bits per heavy atom. The summed E-state index contributed by atoms with van der Waals surface area (Å²) >= 11 is 1.27. The van der Waals surface area contributed by atoms with Crippen LogP contribution in [0.1, 0.15) is 41.8 Å². The summed E-state index contributed by atoms with van der Waals surface area (Å²) in [4.78, 5) is 26.7. The summed E-state index contributed by atoms with van der Waals surface area (Å²) in [6.45, 7) is 6.60. The fourth-order valence-electron chi connectivity index (χ4n) is 2.24. The maximum Gasteiger partial charge on any atom is 0.355 e. The van der Waals surface area contributed by atoms with Gasteiger partial charge in [0.1, 0.15) is 5.75 Å². The highest BCUT2D eigenvalue weighted by molar-refractivity contribution is 7.09. The molecule has 0 atom stereocenters. The molecule has 0 aliphatic heterocycles. The minimum Gasteiger partial charge on any atom is -0.483 e. The lowest BCUT2D eigenvalue weighted by molar-refractivity contribution is -0.123. The van der Waals surface area contributed by atoms with Gasteiger partial charge in [-0.15, -0.1) is 11.3 Å². The fourth-order valence-corrected chi connectivity index (χ4v) is 3.01. The molecule has 134 valence electrons. The number of carbonyl (C=O) groups excluding carboxylic acids is 1. The number of hydrogen-bond acceptors (Lipinski definition) is 5. The minimum atomic E-state index is -1.04. The van der Waals surface area contributed by atoms with Gasteiger partial charge >= 0.3 is 5.97 Å². The first kappa shape index (κ1) is 18.9. The molecule has 2 aromatic rings. The van der Waals surface area contributed by atoms with Crippen LogP contribution in [0.2, 0.25) is 0 Å². The standard InChI is InChI=1S/C18H22N2O4S/c1-18(2,3)12-6-4-5-7-14(12)24-10-15(21)19-9-8-16-20-13(11-25-16)17(22)23/h4-7,11H,8-10H2,1-3H3,(H,19,21)(H,22,23). The molecule has 1 amide bonds. The Hall–Kier alpha value is -2.41. The van der Waals surface area contributed by atoms with Crippen LogP contribution < -0.4 is 10.1 Å². The molecular weight excluding hydrogens is 340 g/mol. The molecule has 2 rings (SSSR count). The van der Waals surface area contributed by atoms with E-state index in [0.29, 0.717) is 23.7 Å². The number of nitrogens with one attached hydrogen (secondary N) is 1. The van der Waals surface area contributed by atoms with Crippen LogP contribution in [0, 0.1) is 0 Å².